The number of nitrogens with zero attached hydrogens (tertiary/aromatic N) is 1. The third-order valence-corrected chi connectivity index (χ3v) is 2.33. The fraction of sp³-hybridized carbons (Fsp3) is 0. The summed E-state index contributed by atoms with van der Waals surface area (Å²) in [5.74, 6) is -0.281. The van der Waals surface area contributed by atoms with Crippen LogP contribution < -0.4 is 4.74 Å². The second-order valence-electron chi connectivity index (χ2n) is 3.54. The summed E-state index contributed by atoms with van der Waals surface area (Å²) in [6.45, 7) is 0. The minimum Gasteiger partial charge on any atom is -0.478 e. The average molecular weight is 239 g/mol. The Hall–Kier alpha value is -2.80. The summed E-state index contributed by atoms with van der Waals surface area (Å²) in [5, 5.41) is 17.7. The van der Waals surface area contributed by atoms with Crippen molar-refractivity contribution in [3.05, 3.63) is 59.7 Å². The fourth-order valence-corrected chi connectivity index (χ4v) is 1.46. The minimum absolute atomic E-state index is 0.0989. The smallest absolute Gasteiger partial charge is 0.339 e. The van der Waals surface area contributed by atoms with Crippen LogP contribution in [0.1, 0.15) is 15.9 Å². The fourth-order valence-electron chi connectivity index (χ4n) is 1.46. The van der Waals surface area contributed by atoms with Crippen molar-refractivity contribution < 1.29 is 14.6 Å². The molecule has 0 saturated heterocycles. The molecule has 0 aliphatic carbocycles. The maximum atomic E-state index is 11.0. The molecule has 0 saturated carbocycles. The molecule has 0 aliphatic heterocycles. The number of ether oxygens (including phenoxy) is 1. The van der Waals surface area contributed by atoms with Crippen molar-refractivity contribution >= 4 is 5.97 Å². The molecule has 0 unspecified atom stereocenters. The topological polar surface area (TPSA) is 70.3 Å². The van der Waals surface area contributed by atoms with E-state index < -0.39 is 5.97 Å². The number of para-hydroxylation sites is 1. The van der Waals surface area contributed by atoms with E-state index in [2.05, 4.69) is 0 Å². The third kappa shape index (κ3) is 2.47. The number of benzene rings is 2. The van der Waals surface area contributed by atoms with Gasteiger partial charge in [0, 0.05) is 0 Å². The van der Waals surface area contributed by atoms with Crippen LogP contribution in [0.5, 0.6) is 11.5 Å². The molecule has 2 aromatic carbocycles. The van der Waals surface area contributed by atoms with Gasteiger partial charge in [-0.25, -0.2) is 4.79 Å². The van der Waals surface area contributed by atoms with Crippen LogP contribution in [-0.4, -0.2) is 11.1 Å². The molecule has 18 heavy (non-hydrogen) atoms. The van der Waals surface area contributed by atoms with Gasteiger partial charge in [0.25, 0.3) is 0 Å². The lowest BCUT2D eigenvalue weighted by molar-refractivity contribution is 0.0694. The summed E-state index contributed by atoms with van der Waals surface area (Å²) in [6.07, 6.45) is 0. The monoisotopic (exact) mass is 239 g/mol. The van der Waals surface area contributed by atoms with Gasteiger partial charge in [-0.2, -0.15) is 5.26 Å². The van der Waals surface area contributed by atoms with Gasteiger partial charge in [0.2, 0.25) is 0 Å². The zero-order valence-corrected chi connectivity index (χ0v) is 9.33. The molecule has 0 amide bonds. The van der Waals surface area contributed by atoms with E-state index >= 15 is 0 Å². The summed E-state index contributed by atoms with van der Waals surface area (Å²) in [5.41, 5.74) is 0.621. The molecule has 0 radical (unpaired) electrons. The van der Waals surface area contributed by atoms with Gasteiger partial charge < -0.3 is 9.84 Å². The first-order chi connectivity index (χ1) is 8.70. The molecule has 2 rings (SSSR count). The Morgan fingerprint density at radius 2 is 1.78 bits per heavy atom. The van der Waals surface area contributed by atoms with Crippen molar-refractivity contribution in [2.45, 2.75) is 0 Å². The average Bonchev–Trinajstić information content (AvgIpc) is 2.40. The maximum absolute atomic E-state index is 11.0. The van der Waals surface area contributed by atoms with E-state index in [1.54, 1.807) is 42.5 Å². The zero-order valence-electron chi connectivity index (χ0n) is 9.33. The van der Waals surface area contributed by atoms with Crippen molar-refractivity contribution in [2.24, 2.45) is 0 Å². The first kappa shape index (κ1) is 11.7. The lowest BCUT2D eigenvalue weighted by Crippen LogP contribution is -1.99. The third-order valence-electron chi connectivity index (χ3n) is 2.33. The summed E-state index contributed by atoms with van der Waals surface area (Å²) in [7, 11) is 0. The maximum Gasteiger partial charge on any atom is 0.339 e. The highest BCUT2D eigenvalue weighted by atomic mass is 16.5. The molecule has 0 atom stereocenters. The van der Waals surface area contributed by atoms with E-state index in [4.69, 9.17) is 15.1 Å². The summed E-state index contributed by atoms with van der Waals surface area (Å²) < 4.78 is 5.48. The van der Waals surface area contributed by atoms with Crippen molar-refractivity contribution in [3.8, 4) is 17.6 Å². The number of rotatable bonds is 3. The van der Waals surface area contributed by atoms with Crippen molar-refractivity contribution in [1.29, 1.82) is 5.26 Å². The Bertz CT molecular complexity index is 612. The number of nitriles is 1. The van der Waals surface area contributed by atoms with Gasteiger partial charge in [-0.3, -0.25) is 0 Å². The van der Waals surface area contributed by atoms with Gasteiger partial charge in [0.1, 0.15) is 17.1 Å². The molecule has 0 spiro atoms. The highest BCUT2D eigenvalue weighted by molar-refractivity contribution is 5.90. The standard InChI is InChI=1S/C14H9NO3/c15-9-10-5-7-11(8-6-10)18-13-4-2-1-3-12(13)14(16)17/h1-8H,(H,16,17). The largest absolute Gasteiger partial charge is 0.478 e. The SMILES string of the molecule is N#Cc1ccc(Oc2ccccc2C(=O)O)cc1. The predicted molar refractivity (Wildman–Crippen MR) is 64.6 cm³/mol. The second kappa shape index (κ2) is 5.02. The van der Waals surface area contributed by atoms with E-state index in [1.165, 1.54) is 6.07 Å². The van der Waals surface area contributed by atoms with Crippen LogP contribution in [0.3, 0.4) is 0 Å². The van der Waals surface area contributed by atoms with E-state index in [1.807, 2.05) is 6.07 Å². The highest BCUT2D eigenvalue weighted by Crippen LogP contribution is 2.25. The number of hydrogen-bond acceptors (Lipinski definition) is 3. The molecule has 0 aliphatic rings. The van der Waals surface area contributed by atoms with Crippen LogP contribution in [0, 0.1) is 11.3 Å². The highest BCUT2D eigenvalue weighted by Gasteiger charge is 2.10. The summed E-state index contributed by atoms with van der Waals surface area (Å²) in [6, 6.07) is 14.9. The molecule has 4 nitrogen and oxygen atoms in total. The lowest BCUT2D eigenvalue weighted by atomic mass is 10.2. The van der Waals surface area contributed by atoms with E-state index in [0.29, 0.717) is 11.3 Å². The molecule has 4 heteroatoms. The number of aromatic carboxylic acids is 1. The van der Waals surface area contributed by atoms with Gasteiger partial charge in [-0.15, -0.1) is 0 Å². The van der Waals surface area contributed by atoms with Gasteiger partial charge in [0.15, 0.2) is 0 Å². The molecule has 0 bridgehead atoms. The second-order valence-corrected chi connectivity index (χ2v) is 3.54. The van der Waals surface area contributed by atoms with E-state index in [0.717, 1.165) is 0 Å². The molecule has 2 aromatic rings. The Kier molecular flexibility index (Phi) is 3.26. The molecule has 0 fully saturated rings. The van der Waals surface area contributed by atoms with Crippen molar-refractivity contribution in [3.63, 3.8) is 0 Å². The molecular weight excluding hydrogens is 230 g/mol. The molecule has 0 heterocycles. The van der Waals surface area contributed by atoms with Crippen molar-refractivity contribution in [1.82, 2.24) is 0 Å². The number of carboxylic acid groups (broad SMARTS) is 1. The van der Waals surface area contributed by atoms with Crippen LogP contribution in [-0.2, 0) is 0 Å². The van der Waals surface area contributed by atoms with Gasteiger partial charge in [-0.05, 0) is 36.4 Å². The van der Waals surface area contributed by atoms with E-state index in [9.17, 15) is 4.79 Å². The Labute approximate surface area is 104 Å². The number of hydrogen-bond donors (Lipinski definition) is 1. The number of carboxylic acids is 1. The van der Waals surface area contributed by atoms with Crippen LogP contribution in [0.4, 0.5) is 0 Å². The molecule has 1 N–H and O–H groups in total. The summed E-state index contributed by atoms with van der Waals surface area (Å²) in [4.78, 5) is 11.0. The molecule has 0 aromatic heterocycles. The van der Waals surface area contributed by atoms with Crippen LogP contribution >= 0.6 is 0 Å². The summed E-state index contributed by atoms with van der Waals surface area (Å²) >= 11 is 0. The van der Waals surface area contributed by atoms with Gasteiger partial charge in [0.05, 0.1) is 11.6 Å². The van der Waals surface area contributed by atoms with Crippen molar-refractivity contribution in [2.75, 3.05) is 0 Å². The van der Waals surface area contributed by atoms with Crippen LogP contribution in [0.15, 0.2) is 48.5 Å². The van der Waals surface area contributed by atoms with Gasteiger partial charge in [-0.1, -0.05) is 12.1 Å². The first-order valence-electron chi connectivity index (χ1n) is 5.21. The normalized spacial score (nSPS) is 9.50. The lowest BCUT2D eigenvalue weighted by Gasteiger charge is -2.08. The van der Waals surface area contributed by atoms with E-state index in [-0.39, 0.29) is 11.3 Å². The Morgan fingerprint density at radius 1 is 1.11 bits per heavy atom. The molecule has 88 valence electrons. The first-order valence-corrected chi connectivity index (χ1v) is 5.21. The Balaban J connectivity index is 2.28. The zero-order chi connectivity index (χ0) is 13.0. The van der Waals surface area contributed by atoms with Gasteiger partial charge >= 0.3 is 5.97 Å². The Morgan fingerprint density at radius 3 is 2.39 bits per heavy atom. The van der Waals surface area contributed by atoms with Crippen LogP contribution in [0.25, 0.3) is 0 Å². The molecular formula is C14H9NO3. The quantitative estimate of drug-likeness (QED) is 0.893. The predicted octanol–water partition coefficient (Wildman–Crippen LogP) is 3.05. The number of carbonyl (C=O) groups is 1. The minimum atomic E-state index is -1.04. The van der Waals surface area contributed by atoms with Crippen LogP contribution in [0.2, 0.25) is 0 Å².